The smallest absolute Gasteiger partial charge is 0.228 e. The van der Waals surface area contributed by atoms with Crippen LogP contribution >= 0.6 is 0 Å². The van der Waals surface area contributed by atoms with E-state index in [2.05, 4.69) is 15.5 Å². The second-order valence-electron chi connectivity index (χ2n) is 5.13. The number of ether oxygens (including phenoxy) is 1. The predicted octanol–water partition coefficient (Wildman–Crippen LogP) is 1.96. The Labute approximate surface area is 118 Å². The van der Waals surface area contributed by atoms with Crippen LogP contribution in [0.5, 0.6) is 5.75 Å². The van der Waals surface area contributed by atoms with Gasteiger partial charge in [0.25, 0.3) is 0 Å². The van der Waals surface area contributed by atoms with Crippen molar-refractivity contribution in [2.75, 3.05) is 13.7 Å². The van der Waals surface area contributed by atoms with E-state index in [4.69, 9.17) is 9.26 Å². The Kier molecular flexibility index (Phi) is 3.97. The Bertz CT molecular complexity index is 545. The van der Waals surface area contributed by atoms with Crippen molar-refractivity contribution in [3.8, 4) is 5.75 Å². The van der Waals surface area contributed by atoms with Crippen LogP contribution in [0.25, 0.3) is 0 Å². The van der Waals surface area contributed by atoms with Crippen molar-refractivity contribution in [3.05, 3.63) is 41.5 Å². The van der Waals surface area contributed by atoms with Crippen molar-refractivity contribution in [1.29, 1.82) is 0 Å². The highest BCUT2D eigenvalue weighted by Gasteiger charge is 2.18. The fourth-order valence-electron chi connectivity index (χ4n) is 2.51. The van der Waals surface area contributed by atoms with Crippen LogP contribution in [0.1, 0.15) is 30.1 Å². The van der Waals surface area contributed by atoms with Gasteiger partial charge in [-0.2, -0.15) is 4.98 Å². The van der Waals surface area contributed by atoms with Gasteiger partial charge in [-0.05, 0) is 37.1 Å². The standard InChI is InChI=1S/C15H19N3O2/c1-19-13-6-4-11(5-7-13)9-14-17-15(20-18-14)10-12-3-2-8-16-12/h4-7,12,16H,2-3,8-10H2,1H3. The zero-order valence-corrected chi connectivity index (χ0v) is 11.6. The van der Waals surface area contributed by atoms with Crippen LogP contribution in [0.4, 0.5) is 0 Å². The molecule has 0 amide bonds. The molecule has 0 bridgehead atoms. The van der Waals surface area contributed by atoms with E-state index in [0.717, 1.165) is 36.0 Å². The van der Waals surface area contributed by atoms with Crippen molar-refractivity contribution in [2.45, 2.75) is 31.7 Å². The van der Waals surface area contributed by atoms with Gasteiger partial charge in [0, 0.05) is 18.9 Å². The summed E-state index contributed by atoms with van der Waals surface area (Å²) < 4.78 is 10.5. The minimum atomic E-state index is 0.490. The maximum atomic E-state index is 5.32. The Morgan fingerprint density at radius 2 is 2.20 bits per heavy atom. The fraction of sp³-hybridized carbons (Fsp3) is 0.467. The first-order valence-electron chi connectivity index (χ1n) is 7.01. The van der Waals surface area contributed by atoms with Crippen molar-refractivity contribution >= 4 is 0 Å². The molecule has 2 heterocycles. The van der Waals surface area contributed by atoms with Crippen LogP contribution in [0.15, 0.2) is 28.8 Å². The Morgan fingerprint density at radius 1 is 1.35 bits per heavy atom. The van der Waals surface area contributed by atoms with E-state index < -0.39 is 0 Å². The summed E-state index contributed by atoms with van der Waals surface area (Å²) in [5.41, 5.74) is 1.15. The fourth-order valence-corrected chi connectivity index (χ4v) is 2.51. The number of aromatic nitrogens is 2. The third-order valence-electron chi connectivity index (χ3n) is 3.61. The van der Waals surface area contributed by atoms with Crippen molar-refractivity contribution in [1.82, 2.24) is 15.5 Å². The molecule has 0 radical (unpaired) electrons. The molecule has 1 unspecified atom stereocenters. The highest BCUT2D eigenvalue weighted by Crippen LogP contribution is 2.15. The zero-order chi connectivity index (χ0) is 13.8. The summed E-state index contributed by atoms with van der Waals surface area (Å²) in [5.74, 6) is 2.32. The van der Waals surface area contributed by atoms with Gasteiger partial charge in [0.2, 0.25) is 5.89 Å². The first-order valence-corrected chi connectivity index (χ1v) is 7.01. The lowest BCUT2D eigenvalue weighted by Gasteiger charge is -2.04. The van der Waals surface area contributed by atoms with Crippen LogP contribution < -0.4 is 10.1 Å². The highest BCUT2D eigenvalue weighted by molar-refractivity contribution is 5.28. The molecule has 2 aromatic rings. The quantitative estimate of drug-likeness (QED) is 0.902. The molecule has 1 aromatic heterocycles. The summed E-state index contributed by atoms with van der Waals surface area (Å²) in [5, 5.41) is 7.49. The second kappa shape index (κ2) is 6.05. The maximum absolute atomic E-state index is 5.32. The largest absolute Gasteiger partial charge is 0.497 e. The van der Waals surface area contributed by atoms with E-state index in [1.807, 2.05) is 24.3 Å². The van der Waals surface area contributed by atoms with Crippen molar-refractivity contribution < 1.29 is 9.26 Å². The van der Waals surface area contributed by atoms with Gasteiger partial charge in [-0.1, -0.05) is 17.3 Å². The summed E-state index contributed by atoms with van der Waals surface area (Å²) in [6.45, 7) is 1.09. The summed E-state index contributed by atoms with van der Waals surface area (Å²) in [7, 11) is 1.66. The average Bonchev–Trinajstić information content (AvgIpc) is 3.12. The predicted molar refractivity (Wildman–Crippen MR) is 74.8 cm³/mol. The monoisotopic (exact) mass is 273 g/mol. The summed E-state index contributed by atoms with van der Waals surface area (Å²) in [6.07, 6.45) is 3.94. The first-order chi connectivity index (χ1) is 9.83. The average molecular weight is 273 g/mol. The van der Waals surface area contributed by atoms with Gasteiger partial charge in [-0.3, -0.25) is 0 Å². The normalized spacial score (nSPS) is 18.4. The van der Waals surface area contributed by atoms with Gasteiger partial charge in [0.05, 0.1) is 7.11 Å². The first kappa shape index (κ1) is 13.1. The highest BCUT2D eigenvalue weighted by atomic mass is 16.5. The Hall–Kier alpha value is -1.88. The zero-order valence-electron chi connectivity index (χ0n) is 11.6. The molecule has 106 valence electrons. The molecule has 1 fully saturated rings. The van der Waals surface area contributed by atoms with E-state index in [0.29, 0.717) is 12.5 Å². The molecule has 1 aliphatic heterocycles. The molecule has 1 atom stereocenters. The topological polar surface area (TPSA) is 60.2 Å². The van der Waals surface area contributed by atoms with E-state index in [1.54, 1.807) is 7.11 Å². The number of nitrogens with one attached hydrogen (secondary N) is 1. The van der Waals surface area contributed by atoms with Gasteiger partial charge < -0.3 is 14.6 Å². The minimum absolute atomic E-state index is 0.490. The molecular weight excluding hydrogens is 254 g/mol. The summed E-state index contributed by atoms with van der Waals surface area (Å²) in [4.78, 5) is 4.46. The molecule has 0 spiro atoms. The third-order valence-corrected chi connectivity index (χ3v) is 3.61. The number of rotatable bonds is 5. The van der Waals surface area contributed by atoms with E-state index in [1.165, 1.54) is 12.8 Å². The van der Waals surface area contributed by atoms with Crippen LogP contribution in [0, 0.1) is 0 Å². The molecular formula is C15H19N3O2. The molecule has 20 heavy (non-hydrogen) atoms. The van der Waals surface area contributed by atoms with Crippen LogP contribution in [0.2, 0.25) is 0 Å². The number of methoxy groups -OCH3 is 1. The van der Waals surface area contributed by atoms with Gasteiger partial charge in [-0.15, -0.1) is 0 Å². The number of hydrogen-bond donors (Lipinski definition) is 1. The number of hydrogen-bond acceptors (Lipinski definition) is 5. The SMILES string of the molecule is COc1ccc(Cc2noc(CC3CCCN3)n2)cc1. The minimum Gasteiger partial charge on any atom is -0.497 e. The van der Waals surface area contributed by atoms with Crippen LogP contribution in [-0.4, -0.2) is 29.8 Å². The second-order valence-corrected chi connectivity index (χ2v) is 5.13. The molecule has 1 aromatic carbocycles. The molecule has 1 saturated heterocycles. The van der Waals surface area contributed by atoms with Crippen LogP contribution in [-0.2, 0) is 12.8 Å². The lowest BCUT2D eigenvalue weighted by molar-refractivity contribution is 0.360. The Morgan fingerprint density at radius 3 is 2.90 bits per heavy atom. The lowest BCUT2D eigenvalue weighted by atomic mass is 10.1. The molecule has 0 aliphatic carbocycles. The van der Waals surface area contributed by atoms with Crippen molar-refractivity contribution in [2.24, 2.45) is 0 Å². The number of benzene rings is 1. The Balaban J connectivity index is 1.60. The van der Waals surface area contributed by atoms with Gasteiger partial charge in [0.1, 0.15) is 5.75 Å². The lowest BCUT2D eigenvalue weighted by Crippen LogP contribution is -2.23. The number of nitrogens with zero attached hydrogens (tertiary/aromatic N) is 2. The summed E-state index contributed by atoms with van der Waals surface area (Å²) in [6, 6.07) is 8.42. The van der Waals surface area contributed by atoms with Gasteiger partial charge in [0.15, 0.2) is 5.82 Å². The maximum Gasteiger partial charge on any atom is 0.228 e. The molecule has 3 rings (SSSR count). The summed E-state index contributed by atoms with van der Waals surface area (Å²) >= 11 is 0. The van der Waals surface area contributed by atoms with E-state index in [9.17, 15) is 0 Å². The molecule has 0 saturated carbocycles. The van der Waals surface area contributed by atoms with Gasteiger partial charge >= 0.3 is 0 Å². The molecule has 5 nitrogen and oxygen atoms in total. The molecule has 5 heteroatoms. The van der Waals surface area contributed by atoms with E-state index >= 15 is 0 Å². The third kappa shape index (κ3) is 3.17. The molecule has 1 aliphatic rings. The van der Waals surface area contributed by atoms with Crippen molar-refractivity contribution in [3.63, 3.8) is 0 Å². The van der Waals surface area contributed by atoms with E-state index in [-0.39, 0.29) is 0 Å². The van der Waals surface area contributed by atoms with Crippen LogP contribution in [0.3, 0.4) is 0 Å². The van der Waals surface area contributed by atoms with Gasteiger partial charge in [-0.25, -0.2) is 0 Å². The molecule has 1 N–H and O–H groups in total.